The highest BCUT2D eigenvalue weighted by Crippen LogP contribution is 2.22. The Bertz CT molecular complexity index is 275. The number of ether oxygens (including phenoxy) is 1. The van der Waals surface area contributed by atoms with Crippen molar-refractivity contribution in [3.63, 3.8) is 0 Å². The quantitative estimate of drug-likeness (QED) is 0.705. The summed E-state index contributed by atoms with van der Waals surface area (Å²) in [6, 6.07) is 0. The van der Waals surface area contributed by atoms with Crippen LogP contribution in [0.15, 0.2) is 35.4 Å². The molecule has 1 rings (SSSR count). The van der Waals surface area contributed by atoms with Gasteiger partial charge >= 0.3 is 0 Å². The number of aliphatic hydroxyl groups excluding tert-OH is 1. The van der Waals surface area contributed by atoms with Crippen LogP contribution >= 0.6 is 0 Å². The van der Waals surface area contributed by atoms with E-state index in [1.165, 1.54) is 0 Å². The van der Waals surface area contributed by atoms with Gasteiger partial charge < -0.3 is 14.7 Å². The second-order valence-corrected chi connectivity index (χ2v) is 3.14. The first-order valence-electron chi connectivity index (χ1n) is 4.16. The van der Waals surface area contributed by atoms with Crippen LogP contribution in [0.4, 0.5) is 0 Å². The van der Waals surface area contributed by atoms with E-state index in [-0.39, 0.29) is 5.76 Å². The summed E-state index contributed by atoms with van der Waals surface area (Å²) in [7, 11) is 5.39. The minimum absolute atomic E-state index is 0.235. The predicted octanol–water partition coefficient (Wildman–Crippen LogP) is 1.81. The molecule has 0 fully saturated rings. The Balaban J connectivity index is 2.93. The number of methoxy groups -OCH3 is 1. The average Bonchev–Trinajstić information content (AvgIpc) is 2.08. The molecule has 0 aromatic rings. The van der Waals surface area contributed by atoms with Gasteiger partial charge in [-0.25, -0.2) is 0 Å². The molecule has 0 bridgehead atoms. The lowest BCUT2D eigenvalue weighted by atomic mass is 10.1. The molecule has 0 aromatic carbocycles. The Hall–Kier alpha value is -1.38. The number of aliphatic hydroxyl groups is 1. The Labute approximate surface area is 78.6 Å². The number of hydrogen-bond acceptors (Lipinski definition) is 3. The second-order valence-electron chi connectivity index (χ2n) is 3.14. The van der Waals surface area contributed by atoms with Gasteiger partial charge in [-0.3, -0.25) is 0 Å². The van der Waals surface area contributed by atoms with Crippen molar-refractivity contribution in [2.24, 2.45) is 0 Å². The van der Waals surface area contributed by atoms with Crippen LogP contribution in [0.5, 0.6) is 0 Å². The second kappa shape index (κ2) is 4.03. The van der Waals surface area contributed by atoms with Crippen LogP contribution in [0.25, 0.3) is 0 Å². The molecule has 0 unspecified atom stereocenters. The predicted molar refractivity (Wildman–Crippen MR) is 52.2 cm³/mol. The first kappa shape index (κ1) is 9.71. The molecule has 1 aliphatic carbocycles. The normalized spacial score (nSPS) is 19.5. The van der Waals surface area contributed by atoms with Crippen LogP contribution in [0, 0.1) is 0 Å². The lowest BCUT2D eigenvalue weighted by molar-refractivity contribution is 0.269. The van der Waals surface area contributed by atoms with E-state index in [0.29, 0.717) is 5.76 Å². The van der Waals surface area contributed by atoms with Crippen LogP contribution in [0.2, 0.25) is 0 Å². The minimum Gasteiger partial charge on any atom is -0.504 e. The van der Waals surface area contributed by atoms with Gasteiger partial charge in [0, 0.05) is 25.9 Å². The number of rotatable bonds is 2. The molecule has 0 spiro atoms. The molecule has 13 heavy (non-hydrogen) atoms. The van der Waals surface area contributed by atoms with Crippen LogP contribution in [-0.4, -0.2) is 31.2 Å². The van der Waals surface area contributed by atoms with Crippen LogP contribution in [0.3, 0.4) is 0 Å². The number of nitrogens with zero attached hydrogens (tertiary/aromatic N) is 1. The third-order valence-electron chi connectivity index (χ3n) is 1.78. The maximum absolute atomic E-state index is 9.69. The zero-order valence-electron chi connectivity index (χ0n) is 8.24. The molecular formula is C10H15NO2. The summed E-state index contributed by atoms with van der Waals surface area (Å²) in [6.07, 6.45) is 6.38. The van der Waals surface area contributed by atoms with Gasteiger partial charge in [0.15, 0.2) is 11.5 Å². The Morgan fingerprint density at radius 1 is 1.54 bits per heavy atom. The number of allylic oxidation sites excluding steroid dienone is 3. The fourth-order valence-corrected chi connectivity index (χ4v) is 1.22. The van der Waals surface area contributed by atoms with Crippen molar-refractivity contribution < 1.29 is 9.84 Å². The summed E-state index contributed by atoms with van der Waals surface area (Å²) in [6.45, 7) is 0. The van der Waals surface area contributed by atoms with Gasteiger partial charge in [-0.15, -0.1) is 0 Å². The van der Waals surface area contributed by atoms with Crippen molar-refractivity contribution in [3.05, 3.63) is 35.4 Å². The Morgan fingerprint density at radius 2 is 2.23 bits per heavy atom. The van der Waals surface area contributed by atoms with E-state index in [2.05, 4.69) is 0 Å². The van der Waals surface area contributed by atoms with E-state index in [4.69, 9.17) is 4.74 Å². The summed E-state index contributed by atoms with van der Waals surface area (Å²) < 4.78 is 5.00. The van der Waals surface area contributed by atoms with Gasteiger partial charge in [-0.05, 0) is 12.5 Å². The van der Waals surface area contributed by atoms with Gasteiger partial charge in [0.05, 0.1) is 7.11 Å². The fourth-order valence-electron chi connectivity index (χ4n) is 1.22. The zero-order chi connectivity index (χ0) is 9.84. The largest absolute Gasteiger partial charge is 0.504 e. The molecule has 0 saturated heterocycles. The lowest BCUT2D eigenvalue weighted by Gasteiger charge is -2.15. The van der Waals surface area contributed by atoms with Crippen LogP contribution in [0.1, 0.15) is 6.42 Å². The van der Waals surface area contributed by atoms with Crippen LogP contribution in [-0.2, 0) is 4.74 Å². The third kappa shape index (κ3) is 2.28. The smallest absolute Gasteiger partial charge is 0.162 e. The first-order valence-corrected chi connectivity index (χ1v) is 4.16. The van der Waals surface area contributed by atoms with E-state index < -0.39 is 0 Å². The van der Waals surface area contributed by atoms with Crippen molar-refractivity contribution in [1.29, 1.82) is 0 Å². The summed E-state index contributed by atoms with van der Waals surface area (Å²) in [4.78, 5) is 1.90. The summed E-state index contributed by atoms with van der Waals surface area (Å²) in [5.41, 5.74) is 0.879. The van der Waals surface area contributed by atoms with Crippen molar-refractivity contribution in [3.8, 4) is 0 Å². The van der Waals surface area contributed by atoms with Gasteiger partial charge in [-0.1, -0.05) is 6.08 Å². The minimum atomic E-state index is 0.235. The third-order valence-corrected chi connectivity index (χ3v) is 1.78. The van der Waals surface area contributed by atoms with E-state index in [9.17, 15) is 5.11 Å². The molecule has 0 radical (unpaired) electrons. The van der Waals surface area contributed by atoms with E-state index in [1.807, 2.05) is 31.3 Å². The van der Waals surface area contributed by atoms with Crippen molar-refractivity contribution in [2.45, 2.75) is 6.42 Å². The lowest BCUT2D eigenvalue weighted by Crippen LogP contribution is -2.07. The molecule has 1 N–H and O–H groups in total. The van der Waals surface area contributed by atoms with E-state index in [1.54, 1.807) is 13.2 Å². The van der Waals surface area contributed by atoms with Gasteiger partial charge in [-0.2, -0.15) is 0 Å². The van der Waals surface area contributed by atoms with Gasteiger partial charge in [0.1, 0.15) is 0 Å². The molecular weight excluding hydrogens is 166 g/mol. The molecule has 0 atom stereocenters. The van der Waals surface area contributed by atoms with Crippen molar-refractivity contribution >= 4 is 0 Å². The Morgan fingerprint density at radius 3 is 2.77 bits per heavy atom. The molecule has 0 heterocycles. The van der Waals surface area contributed by atoms with Gasteiger partial charge in [0.25, 0.3) is 0 Å². The molecule has 0 saturated carbocycles. The molecule has 0 amide bonds. The van der Waals surface area contributed by atoms with Crippen LogP contribution < -0.4 is 0 Å². The first-order chi connectivity index (χ1) is 6.15. The topological polar surface area (TPSA) is 32.7 Å². The fraction of sp³-hybridized carbons (Fsp3) is 0.400. The summed E-state index contributed by atoms with van der Waals surface area (Å²) in [5.74, 6) is 0.762. The monoisotopic (exact) mass is 181 g/mol. The highest BCUT2D eigenvalue weighted by Gasteiger charge is 2.12. The highest BCUT2D eigenvalue weighted by atomic mass is 16.5. The summed E-state index contributed by atoms with van der Waals surface area (Å²) >= 11 is 0. The molecule has 0 aromatic heterocycles. The molecule has 1 aliphatic rings. The maximum atomic E-state index is 9.69. The maximum Gasteiger partial charge on any atom is 0.162 e. The van der Waals surface area contributed by atoms with Gasteiger partial charge in [0.2, 0.25) is 0 Å². The standard InChI is InChI=1S/C10H15NO2/c1-11(2)7-8-5-4-6-9(13-3)10(8)12/h4,6-7,12H,5H2,1-3H3. The Kier molecular flexibility index (Phi) is 3.01. The van der Waals surface area contributed by atoms with Crippen molar-refractivity contribution in [1.82, 2.24) is 4.90 Å². The average molecular weight is 181 g/mol. The molecule has 72 valence electrons. The molecule has 3 nitrogen and oxygen atoms in total. The molecule has 3 heteroatoms. The van der Waals surface area contributed by atoms with Crippen molar-refractivity contribution in [2.75, 3.05) is 21.2 Å². The highest BCUT2D eigenvalue weighted by molar-refractivity contribution is 5.37. The number of hydrogen-bond donors (Lipinski definition) is 1. The van der Waals surface area contributed by atoms with E-state index in [0.717, 1.165) is 12.0 Å². The molecule has 0 aliphatic heterocycles. The zero-order valence-corrected chi connectivity index (χ0v) is 8.24. The summed E-state index contributed by atoms with van der Waals surface area (Å²) in [5, 5.41) is 9.69. The SMILES string of the molecule is COC1=C(O)C(=CN(C)C)CC=C1. The van der Waals surface area contributed by atoms with E-state index >= 15 is 0 Å².